The fraction of sp³-hybridized carbons (Fsp3) is 0.500. The molecule has 1 aromatic rings. The molecule has 2 nitrogen and oxygen atoms in total. The average molecular weight is 192 g/mol. The van der Waals surface area contributed by atoms with Gasteiger partial charge in [-0.2, -0.15) is 0 Å². The van der Waals surface area contributed by atoms with Crippen LogP contribution in [-0.2, 0) is 6.42 Å². The molecule has 78 valence electrons. The molecular formula is C12H20N2. The van der Waals surface area contributed by atoms with Gasteiger partial charge in [0, 0.05) is 5.69 Å². The number of anilines is 1. The third-order valence-electron chi connectivity index (χ3n) is 2.36. The highest BCUT2D eigenvalue weighted by atomic mass is 15.0. The smallest absolute Gasteiger partial charge is 0.0346 e. The molecule has 0 aromatic heterocycles. The van der Waals surface area contributed by atoms with Crippen molar-refractivity contribution in [3.63, 3.8) is 0 Å². The molecule has 0 spiro atoms. The van der Waals surface area contributed by atoms with Crippen molar-refractivity contribution < 1.29 is 0 Å². The molecule has 1 aromatic carbocycles. The molecule has 0 saturated heterocycles. The number of unbranched alkanes of at least 4 members (excludes halogenated alkanes) is 1. The Hall–Kier alpha value is -1.02. The number of hydrogen-bond acceptors (Lipinski definition) is 2. The van der Waals surface area contributed by atoms with Crippen molar-refractivity contribution in [2.45, 2.75) is 19.3 Å². The van der Waals surface area contributed by atoms with E-state index >= 15 is 0 Å². The van der Waals surface area contributed by atoms with Gasteiger partial charge in [-0.3, -0.25) is 0 Å². The predicted molar refractivity (Wildman–Crippen MR) is 62.3 cm³/mol. The molecule has 0 aliphatic carbocycles. The van der Waals surface area contributed by atoms with E-state index < -0.39 is 0 Å². The van der Waals surface area contributed by atoms with E-state index in [-0.39, 0.29) is 0 Å². The first-order valence-electron chi connectivity index (χ1n) is 5.18. The molecule has 1 rings (SSSR count). The highest BCUT2D eigenvalue weighted by Gasteiger charge is 1.97. The van der Waals surface area contributed by atoms with Crippen LogP contribution in [0, 0.1) is 0 Å². The largest absolute Gasteiger partial charge is 0.399 e. The van der Waals surface area contributed by atoms with Crippen molar-refractivity contribution in [1.29, 1.82) is 0 Å². The zero-order valence-electron chi connectivity index (χ0n) is 9.16. The quantitative estimate of drug-likeness (QED) is 0.572. The number of nitrogen functional groups attached to an aromatic ring is 1. The van der Waals surface area contributed by atoms with E-state index in [1.54, 1.807) is 0 Å². The second-order valence-electron chi connectivity index (χ2n) is 3.96. The maximum atomic E-state index is 5.85. The van der Waals surface area contributed by atoms with Crippen LogP contribution in [-0.4, -0.2) is 25.5 Å². The summed E-state index contributed by atoms with van der Waals surface area (Å²) in [5.74, 6) is 0. The van der Waals surface area contributed by atoms with E-state index in [2.05, 4.69) is 31.1 Å². The molecule has 0 aliphatic rings. The van der Waals surface area contributed by atoms with Gasteiger partial charge in [-0.25, -0.2) is 0 Å². The van der Waals surface area contributed by atoms with Crippen LogP contribution >= 0.6 is 0 Å². The van der Waals surface area contributed by atoms with E-state index in [0.29, 0.717) is 0 Å². The lowest BCUT2D eigenvalue weighted by molar-refractivity contribution is 0.394. The fourth-order valence-corrected chi connectivity index (χ4v) is 1.51. The summed E-state index contributed by atoms with van der Waals surface area (Å²) in [6, 6.07) is 8.13. The van der Waals surface area contributed by atoms with Crippen molar-refractivity contribution in [3.8, 4) is 0 Å². The van der Waals surface area contributed by atoms with Gasteiger partial charge < -0.3 is 10.6 Å². The molecule has 14 heavy (non-hydrogen) atoms. The first-order chi connectivity index (χ1) is 6.70. The van der Waals surface area contributed by atoms with E-state index in [1.165, 1.54) is 18.4 Å². The van der Waals surface area contributed by atoms with Crippen LogP contribution in [0.1, 0.15) is 18.4 Å². The second kappa shape index (κ2) is 5.66. The van der Waals surface area contributed by atoms with Crippen molar-refractivity contribution in [2.24, 2.45) is 0 Å². The number of para-hydroxylation sites is 1. The van der Waals surface area contributed by atoms with Gasteiger partial charge in [0.1, 0.15) is 0 Å². The van der Waals surface area contributed by atoms with Crippen LogP contribution in [0.5, 0.6) is 0 Å². The molecule has 2 heteroatoms. The summed E-state index contributed by atoms with van der Waals surface area (Å²) in [4.78, 5) is 2.22. The zero-order chi connectivity index (χ0) is 10.4. The van der Waals surface area contributed by atoms with E-state index in [1.807, 2.05) is 12.1 Å². The van der Waals surface area contributed by atoms with Gasteiger partial charge >= 0.3 is 0 Å². The number of aryl methyl sites for hydroxylation is 1. The predicted octanol–water partition coefficient (Wildman–Crippen LogP) is 2.15. The van der Waals surface area contributed by atoms with Crippen LogP contribution in [0.15, 0.2) is 24.3 Å². The highest BCUT2D eigenvalue weighted by molar-refractivity contribution is 5.46. The van der Waals surface area contributed by atoms with Crippen LogP contribution in [0.25, 0.3) is 0 Å². The van der Waals surface area contributed by atoms with Crippen LogP contribution in [0.4, 0.5) is 5.69 Å². The maximum Gasteiger partial charge on any atom is 0.0346 e. The third kappa shape index (κ3) is 3.79. The molecule has 0 saturated carbocycles. The number of nitrogens with zero attached hydrogens (tertiary/aromatic N) is 1. The molecule has 0 aliphatic heterocycles. The average Bonchev–Trinajstić information content (AvgIpc) is 2.15. The van der Waals surface area contributed by atoms with Crippen molar-refractivity contribution in [2.75, 3.05) is 26.4 Å². The van der Waals surface area contributed by atoms with Crippen molar-refractivity contribution >= 4 is 5.69 Å². The minimum atomic E-state index is 0.928. The molecule has 2 N–H and O–H groups in total. The summed E-state index contributed by atoms with van der Waals surface area (Å²) < 4.78 is 0. The second-order valence-corrected chi connectivity index (χ2v) is 3.96. The molecule has 0 unspecified atom stereocenters. The first kappa shape index (κ1) is 11.1. The Labute approximate surface area is 86.7 Å². The SMILES string of the molecule is CN(C)CCCCc1ccccc1N. The van der Waals surface area contributed by atoms with Gasteiger partial charge in [0.2, 0.25) is 0 Å². The number of nitrogens with two attached hydrogens (primary N) is 1. The summed E-state index contributed by atoms with van der Waals surface area (Å²) >= 11 is 0. The van der Waals surface area contributed by atoms with Crippen molar-refractivity contribution in [1.82, 2.24) is 4.90 Å². The summed E-state index contributed by atoms with van der Waals surface area (Å²) in [5.41, 5.74) is 8.06. The number of rotatable bonds is 5. The lowest BCUT2D eigenvalue weighted by Crippen LogP contribution is -2.12. The summed E-state index contributed by atoms with van der Waals surface area (Å²) in [6.07, 6.45) is 3.55. The minimum Gasteiger partial charge on any atom is -0.399 e. The fourth-order valence-electron chi connectivity index (χ4n) is 1.51. The molecule has 0 radical (unpaired) electrons. The molecular weight excluding hydrogens is 172 g/mol. The summed E-state index contributed by atoms with van der Waals surface area (Å²) in [6.45, 7) is 1.16. The molecule has 0 amide bonds. The van der Waals surface area contributed by atoms with Crippen LogP contribution in [0.3, 0.4) is 0 Å². The third-order valence-corrected chi connectivity index (χ3v) is 2.36. The van der Waals surface area contributed by atoms with E-state index in [4.69, 9.17) is 5.73 Å². The lowest BCUT2D eigenvalue weighted by atomic mass is 10.1. The topological polar surface area (TPSA) is 29.3 Å². The van der Waals surface area contributed by atoms with Gasteiger partial charge in [0.15, 0.2) is 0 Å². The molecule has 0 fully saturated rings. The summed E-state index contributed by atoms with van der Waals surface area (Å²) in [7, 11) is 4.22. The maximum absolute atomic E-state index is 5.85. The van der Waals surface area contributed by atoms with E-state index in [0.717, 1.165) is 18.7 Å². The molecule has 0 atom stereocenters. The molecule has 0 bridgehead atoms. The monoisotopic (exact) mass is 192 g/mol. The summed E-state index contributed by atoms with van der Waals surface area (Å²) in [5, 5.41) is 0. The number of hydrogen-bond donors (Lipinski definition) is 1. The van der Waals surface area contributed by atoms with Gasteiger partial charge in [0.25, 0.3) is 0 Å². The Kier molecular flexibility index (Phi) is 4.47. The number of benzene rings is 1. The standard InChI is InChI=1S/C12H20N2/c1-14(2)10-6-5-8-11-7-3-4-9-12(11)13/h3-4,7,9H,5-6,8,10,13H2,1-2H3. The molecule has 0 heterocycles. The Balaban J connectivity index is 2.28. The van der Waals surface area contributed by atoms with Crippen LogP contribution in [0.2, 0.25) is 0 Å². The van der Waals surface area contributed by atoms with E-state index in [9.17, 15) is 0 Å². The highest BCUT2D eigenvalue weighted by Crippen LogP contribution is 2.13. The normalized spacial score (nSPS) is 10.8. The first-order valence-corrected chi connectivity index (χ1v) is 5.18. The minimum absolute atomic E-state index is 0.928. The van der Waals surface area contributed by atoms with Gasteiger partial charge in [-0.05, 0) is 51.5 Å². The van der Waals surface area contributed by atoms with Crippen molar-refractivity contribution in [3.05, 3.63) is 29.8 Å². The Morgan fingerprint density at radius 3 is 2.50 bits per heavy atom. The van der Waals surface area contributed by atoms with Gasteiger partial charge in [0.05, 0.1) is 0 Å². The Bertz CT molecular complexity index is 269. The zero-order valence-corrected chi connectivity index (χ0v) is 9.16. The lowest BCUT2D eigenvalue weighted by Gasteiger charge is -2.09. The van der Waals surface area contributed by atoms with Gasteiger partial charge in [-0.15, -0.1) is 0 Å². The Morgan fingerprint density at radius 2 is 1.86 bits per heavy atom. The Morgan fingerprint density at radius 1 is 1.14 bits per heavy atom. The van der Waals surface area contributed by atoms with Gasteiger partial charge in [-0.1, -0.05) is 18.2 Å². The van der Waals surface area contributed by atoms with Crippen LogP contribution < -0.4 is 5.73 Å².